The lowest BCUT2D eigenvalue weighted by Gasteiger charge is -2.23. The van der Waals surface area contributed by atoms with Gasteiger partial charge in [-0.25, -0.2) is 4.68 Å². The molecule has 156 valence electrons. The fourth-order valence-corrected chi connectivity index (χ4v) is 4.70. The Kier molecular flexibility index (Phi) is 5.74. The second-order valence-electron chi connectivity index (χ2n) is 7.56. The number of aromatic nitrogens is 3. The molecular formula is C25H24N4OS. The number of hydrogen-bond acceptors (Lipinski definition) is 5. The molecule has 6 heteroatoms. The predicted octanol–water partition coefficient (Wildman–Crippen LogP) is 6.03. The van der Waals surface area contributed by atoms with Gasteiger partial charge in [-0.1, -0.05) is 30.0 Å². The van der Waals surface area contributed by atoms with Gasteiger partial charge in [0.25, 0.3) is 0 Å². The van der Waals surface area contributed by atoms with E-state index in [9.17, 15) is 0 Å². The molecule has 0 spiro atoms. The van der Waals surface area contributed by atoms with Crippen LogP contribution in [0.5, 0.6) is 0 Å². The van der Waals surface area contributed by atoms with E-state index in [1.165, 1.54) is 0 Å². The summed E-state index contributed by atoms with van der Waals surface area (Å²) in [6, 6.07) is 20.3. The first-order valence-electron chi connectivity index (χ1n) is 10.5. The maximum absolute atomic E-state index is 6.15. The Morgan fingerprint density at radius 3 is 2.74 bits per heavy atom. The molecule has 0 radical (unpaired) electrons. The van der Waals surface area contributed by atoms with Gasteiger partial charge in [0.2, 0.25) is 0 Å². The van der Waals surface area contributed by atoms with Crippen LogP contribution in [0.3, 0.4) is 0 Å². The first-order chi connectivity index (χ1) is 15.3. The fourth-order valence-electron chi connectivity index (χ4n) is 3.80. The largest absolute Gasteiger partial charge is 0.398 e. The van der Waals surface area contributed by atoms with Gasteiger partial charge in [-0.2, -0.15) is 5.10 Å². The zero-order valence-electron chi connectivity index (χ0n) is 17.1. The van der Waals surface area contributed by atoms with Crippen molar-refractivity contribution in [2.24, 2.45) is 0 Å². The Bertz CT molecular complexity index is 1210. The van der Waals surface area contributed by atoms with E-state index in [0.29, 0.717) is 0 Å². The summed E-state index contributed by atoms with van der Waals surface area (Å²) in [6.45, 7) is 0.778. The third kappa shape index (κ3) is 4.36. The summed E-state index contributed by atoms with van der Waals surface area (Å²) in [7, 11) is 0. The molecule has 5 nitrogen and oxygen atoms in total. The molecule has 2 aromatic carbocycles. The van der Waals surface area contributed by atoms with Crippen molar-refractivity contribution in [3.63, 3.8) is 0 Å². The highest BCUT2D eigenvalue weighted by atomic mass is 32.2. The highest BCUT2D eigenvalue weighted by molar-refractivity contribution is 7.99. The van der Waals surface area contributed by atoms with E-state index in [0.717, 1.165) is 63.6 Å². The van der Waals surface area contributed by atoms with E-state index in [4.69, 9.17) is 15.6 Å². The lowest BCUT2D eigenvalue weighted by Crippen LogP contribution is -2.19. The average molecular weight is 429 g/mol. The Balaban J connectivity index is 1.55. The second-order valence-corrected chi connectivity index (χ2v) is 8.67. The molecule has 1 aliphatic rings. The Hall–Kier alpha value is -3.09. The van der Waals surface area contributed by atoms with Crippen LogP contribution < -0.4 is 5.73 Å². The van der Waals surface area contributed by atoms with Gasteiger partial charge in [-0.3, -0.25) is 4.98 Å². The van der Waals surface area contributed by atoms with E-state index in [1.54, 1.807) is 18.0 Å². The lowest BCUT2D eigenvalue weighted by molar-refractivity contribution is -0.0367. The molecule has 0 saturated carbocycles. The minimum atomic E-state index is -0.0321. The van der Waals surface area contributed by atoms with Gasteiger partial charge in [0.15, 0.2) is 6.23 Å². The molecule has 5 rings (SSSR count). The second kappa shape index (κ2) is 8.96. The molecule has 0 amide bonds. The smallest absolute Gasteiger partial charge is 0.150 e. The van der Waals surface area contributed by atoms with Crippen molar-refractivity contribution in [2.45, 2.75) is 35.3 Å². The first-order valence-corrected chi connectivity index (χ1v) is 11.3. The first kappa shape index (κ1) is 19.8. The highest BCUT2D eigenvalue weighted by Gasteiger charge is 2.21. The van der Waals surface area contributed by atoms with Crippen molar-refractivity contribution in [3.8, 4) is 0 Å². The zero-order valence-corrected chi connectivity index (χ0v) is 18.0. The third-order valence-electron chi connectivity index (χ3n) is 5.38. The van der Waals surface area contributed by atoms with Crippen molar-refractivity contribution in [1.29, 1.82) is 0 Å². The molecule has 31 heavy (non-hydrogen) atoms. The number of pyridine rings is 1. The molecule has 0 bridgehead atoms. The van der Waals surface area contributed by atoms with Crippen LogP contribution in [0.1, 0.15) is 36.9 Å². The molecule has 3 heterocycles. The Labute approximate surface area is 185 Å². The summed E-state index contributed by atoms with van der Waals surface area (Å²) in [5.41, 5.74) is 9.85. The molecule has 4 aromatic rings. The van der Waals surface area contributed by atoms with Crippen LogP contribution in [0, 0.1) is 0 Å². The van der Waals surface area contributed by atoms with Crippen molar-refractivity contribution < 1.29 is 4.74 Å². The van der Waals surface area contributed by atoms with Crippen molar-refractivity contribution in [3.05, 3.63) is 78.2 Å². The molecule has 2 aromatic heterocycles. The Morgan fingerprint density at radius 2 is 1.94 bits per heavy atom. The maximum Gasteiger partial charge on any atom is 0.150 e. The van der Waals surface area contributed by atoms with E-state index >= 15 is 0 Å². The number of benzene rings is 2. The summed E-state index contributed by atoms with van der Waals surface area (Å²) in [6.07, 6.45) is 9.04. The third-order valence-corrected chi connectivity index (χ3v) is 6.46. The number of ether oxygens (including phenoxy) is 1. The van der Waals surface area contributed by atoms with Crippen LogP contribution in [0.4, 0.5) is 5.69 Å². The number of para-hydroxylation sites is 1. The van der Waals surface area contributed by atoms with Crippen LogP contribution in [-0.2, 0) is 4.74 Å². The molecule has 1 atom stereocenters. The van der Waals surface area contributed by atoms with Crippen LogP contribution >= 0.6 is 11.8 Å². The monoisotopic (exact) mass is 428 g/mol. The van der Waals surface area contributed by atoms with Crippen molar-refractivity contribution in [1.82, 2.24) is 14.8 Å². The van der Waals surface area contributed by atoms with E-state index in [2.05, 4.69) is 23.2 Å². The van der Waals surface area contributed by atoms with Gasteiger partial charge in [-0.05, 0) is 73.9 Å². The Morgan fingerprint density at radius 1 is 1.03 bits per heavy atom. The van der Waals surface area contributed by atoms with E-state index in [-0.39, 0.29) is 6.23 Å². The standard InChI is InChI=1S/C25H24N4OS/c26-21-8-1-2-9-24(21)31-19-12-13-20-22(14-11-18-7-3-5-15-27-18)28-29(23(20)17-19)25-10-4-6-16-30-25/h1-3,5,7-9,11-15,17,25H,4,6,10,16,26H2/b14-11+. The van der Waals surface area contributed by atoms with Crippen molar-refractivity contribution >= 4 is 40.5 Å². The van der Waals surface area contributed by atoms with Crippen LogP contribution in [0.25, 0.3) is 23.1 Å². The zero-order chi connectivity index (χ0) is 21.0. The number of rotatable bonds is 5. The predicted molar refractivity (Wildman–Crippen MR) is 127 cm³/mol. The van der Waals surface area contributed by atoms with Gasteiger partial charge in [0.1, 0.15) is 0 Å². The summed E-state index contributed by atoms with van der Waals surface area (Å²) in [4.78, 5) is 6.56. The number of nitrogens with two attached hydrogens (primary N) is 1. The fraction of sp³-hybridized carbons (Fsp3) is 0.200. The number of hydrogen-bond donors (Lipinski definition) is 1. The number of nitrogens with zero attached hydrogens (tertiary/aromatic N) is 3. The number of fused-ring (bicyclic) bond motifs is 1. The van der Waals surface area contributed by atoms with E-state index < -0.39 is 0 Å². The van der Waals surface area contributed by atoms with Gasteiger partial charge < -0.3 is 10.5 Å². The summed E-state index contributed by atoms with van der Waals surface area (Å²) in [5.74, 6) is 0. The summed E-state index contributed by atoms with van der Waals surface area (Å²) < 4.78 is 8.11. The topological polar surface area (TPSA) is 66.0 Å². The van der Waals surface area contributed by atoms with E-state index in [1.807, 2.05) is 59.3 Å². The maximum atomic E-state index is 6.15. The highest BCUT2D eigenvalue weighted by Crippen LogP contribution is 2.36. The number of nitrogen functional groups attached to an aromatic ring is 1. The molecule has 1 fully saturated rings. The minimum Gasteiger partial charge on any atom is -0.398 e. The van der Waals surface area contributed by atoms with Crippen LogP contribution in [-0.4, -0.2) is 21.4 Å². The van der Waals surface area contributed by atoms with Gasteiger partial charge >= 0.3 is 0 Å². The SMILES string of the molecule is Nc1ccccc1Sc1ccc2c(/C=C/c3ccccn3)nn(C3CCCCO3)c2c1. The lowest BCUT2D eigenvalue weighted by atomic mass is 10.1. The van der Waals surface area contributed by atoms with Crippen molar-refractivity contribution in [2.75, 3.05) is 12.3 Å². The molecule has 1 unspecified atom stereocenters. The average Bonchev–Trinajstić information content (AvgIpc) is 3.18. The van der Waals surface area contributed by atoms with Gasteiger partial charge in [-0.15, -0.1) is 0 Å². The molecular weight excluding hydrogens is 404 g/mol. The van der Waals surface area contributed by atoms with Crippen LogP contribution in [0.15, 0.2) is 76.7 Å². The van der Waals surface area contributed by atoms with Crippen LogP contribution in [0.2, 0.25) is 0 Å². The molecule has 2 N–H and O–H groups in total. The number of anilines is 1. The summed E-state index contributed by atoms with van der Waals surface area (Å²) >= 11 is 1.67. The van der Waals surface area contributed by atoms with Gasteiger partial charge in [0, 0.05) is 33.7 Å². The molecule has 1 aliphatic heterocycles. The molecule has 0 aliphatic carbocycles. The normalized spacial score (nSPS) is 16.8. The van der Waals surface area contributed by atoms with Gasteiger partial charge in [0.05, 0.1) is 16.9 Å². The summed E-state index contributed by atoms with van der Waals surface area (Å²) in [5, 5.41) is 6.04. The quantitative estimate of drug-likeness (QED) is 0.393. The minimum absolute atomic E-state index is 0.0321. The molecule has 1 saturated heterocycles.